The molecule has 0 spiro atoms. The molecule has 0 aromatic rings. The summed E-state index contributed by atoms with van der Waals surface area (Å²) in [5.41, 5.74) is 0. The minimum absolute atomic E-state index is 0.0876. The summed E-state index contributed by atoms with van der Waals surface area (Å²) in [6.07, 6.45) is 2.33. The predicted molar refractivity (Wildman–Crippen MR) is 46.8 cm³/mol. The molecule has 1 atom stereocenters. The Hall–Kier alpha value is -0.570. The average molecular weight is 171 g/mol. The summed E-state index contributed by atoms with van der Waals surface area (Å²) in [5, 5.41) is 3.28. The summed E-state index contributed by atoms with van der Waals surface area (Å²) >= 11 is 0. The van der Waals surface area contributed by atoms with Crippen molar-refractivity contribution < 1.29 is 9.53 Å². The van der Waals surface area contributed by atoms with E-state index in [1.807, 2.05) is 6.92 Å². The van der Waals surface area contributed by atoms with Crippen LogP contribution in [0.5, 0.6) is 0 Å². The van der Waals surface area contributed by atoms with Crippen LogP contribution in [-0.2, 0) is 9.53 Å². The van der Waals surface area contributed by atoms with Crippen molar-refractivity contribution in [3.63, 3.8) is 0 Å². The quantitative estimate of drug-likeness (QED) is 0.628. The van der Waals surface area contributed by atoms with E-state index in [0.717, 1.165) is 25.9 Å². The van der Waals surface area contributed by atoms with E-state index in [-0.39, 0.29) is 12.1 Å². The Balaban J connectivity index is 2.29. The molecule has 0 radical (unpaired) electrons. The van der Waals surface area contributed by atoms with E-state index in [4.69, 9.17) is 4.74 Å². The van der Waals surface area contributed by atoms with Crippen molar-refractivity contribution in [2.75, 3.05) is 13.1 Å². The molecular weight excluding hydrogens is 154 g/mol. The maximum Gasteiger partial charge on any atom is 0.302 e. The van der Waals surface area contributed by atoms with Crippen molar-refractivity contribution in [3.8, 4) is 0 Å². The van der Waals surface area contributed by atoms with E-state index >= 15 is 0 Å². The van der Waals surface area contributed by atoms with Crippen molar-refractivity contribution >= 4 is 5.97 Å². The Morgan fingerprint density at radius 1 is 1.50 bits per heavy atom. The van der Waals surface area contributed by atoms with Gasteiger partial charge in [0.1, 0.15) is 6.10 Å². The number of nitrogens with one attached hydrogen (secondary N) is 1. The zero-order valence-corrected chi connectivity index (χ0v) is 7.80. The first-order valence-electron chi connectivity index (χ1n) is 4.58. The molecule has 1 heterocycles. The number of carbonyl (C=O) groups is 1. The fourth-order valence-electron chi connectivity index (χ4n) is 1.67. The molecule has 70 valence electrons. The lowest BCUT2D eigenvalue weighted by atomic mass is 9.93. The smallest absolute Gasteiger partial charge is 0.302 e. The SMILES string of the molecule is CC(=O)OC(C)C1CCNCC1. The number of carbonyl (C=O) groups excluding carboxylic acids is 1. The van der Waals surface area contributed by atoms with Gasteiger partial charge in [-0.05, 0) is 38.8 Å². The van der Waals surface area contributed by atoms with Crippen LogP contribution >= 0.6 is 0 Å². The molecule has 1 unspecified atom stereocenters. The molecule has 3 heteroatoms. The first-order chi connectivity index (χ1) is 5.70. The van der Waals surface area contributed by atoms with Gasteiger partial charge in [-0.25, -0.2) is 0 Å². The third-order valence-corrected chi connectivity index (χ3v) is 2.40. The van der Waals surface area contributed by atoms with Gasteiger partial charge < -0.3 is 10.1 Å². The minimum atomic E-state index is -0.166. The van der Waals surface area contributed by atoms with Gasteiger partial charge in [0.05, 0.1) is 0 Å². The van der Waals surface area contributed by atoms with E-state index in [9.17, 15) is 4.79 Å². The van der Waals surface area contributed by atoms with E-state index < -0.39 is 0 Å². The maximum absolute atomic E-state index is 10.7. The lowest BCUT2D eigenvalue weighted by Gasteiger charge is -2.27. The van der Waals surface area contributed by atoms with Crippen LogP contribution in [0, 0.1) is 5.92 Å². The van der Waals surface area contributed by atoms with Crippen molar-refractivity contribution in [1.82, 2.24) is 5.32 Å². The molecular formula is C9H17NO2. The van der Waals surface area contributed by atoms with Gasteiger partial charge >= 0.3 is 5.97 Å². The van der Waals surface area contributed by atoms with Gasteiger partial charge in [0, 0.05) is 6.92 Å². The number of piperidine rings is 1. The van der Waals surface area contributed by atoms with Crippen LogP contribution in [0.15, 0.2) is 0 Å². The van der Waals surface area contributed by atoms with Crippen molar-refractivity contribution in [3.05, 3.63) is 0 Å². The van der Waals surface area contributed by atoms with Crippen LogP contribution < -0.4 is 5.32 Å². The number of esters is 1. The predicted octanol–water partition coefficient (Wildman–Crippen LogP) is 0.938. The third kappa shape index (κ3) is 2.81. The van der Waals surface area contributed by atoms with Crippen LogP contribution in [-0.4, -0.2) is 25.2 Å². The maximum atomic E-state index is 10.7. The molecule has 1 aliphatic heterocycles. The largest absolute Gasteiger partial charge is 0.463 e. The van der Waals surface area contributed by atoms with Crippen molar-refractivity contribution in [2.24, 2.45) is 5.92 Å². The fourth-order valence-corrected chi connectivity index (χ4v) is 1.67. The molecule has 0 amide bonds. The average Bonchev–Trinajstić information content (AvgIpc) is 2.05. The van der Waals surface area contributed by atoms with Crippen molar-refractivity contribution in [2.45, 2.75) is 32.8 Å². The first kappa shape index (κ1) is 9.52. The molecule has 1 fully saturated rings. The second-order valence-electron chi connectivity index (χ2n) is 3.40. The highest BCUT2D eigenvalue weighted by atomic mass is 16.5. The van der Waals surface area contributed by atoms with Gasteiger partial charge in [0.2, 0.25) is 0 Å². The summed E-state index contributed by atoms with van der Waals surface area (Å²) in [4.78, 5) is 10.7. The summed E-state index contributed by atoms with van der Waals surface area (Å²) in [5.74, 6) is 0.385. The molecule has 1 N–H and O–H groups in total. The molecule has 0 aromatic heterocycles. The zero-order chi connectivity index (χ0) is 8.97. The Morgan fingerprint density at radius 3 is 2.58 bits per heavy atom. The van der Waals surface area contributed by atoms with E-state index in [1.54, 1.807) is 0 Å². The van der Waals surface area contributed by atoms with E-state index in [1.165, 1.54) is 6.92 Å². The minimum Gasteiger partial charge on any atom is -0.463 e. The van der Waals surface area contributed by atoms with Crippen LogP contribution in [0.4, 0.5) is 0 Å². The topological polar surface area (TPSA) is 38.3 Å². The van der Waals surface area contributed by atoms with Gasteiger partial charge in [-0.2, -0.15) is 0 Å². The van der Waals surface area contributed by atoms with E-state index in [0.29, 0.717) is 5.92 Å². The number of ether oxygens (including phenoxy) is 1. The standard InChI is InChI=1S/C9H17NO2/c1-7(12-8(2)11)9-3-5-10-6-4-9/h7,9-10H,3-6H2,1-2H3. The molecule has 0 saturated carbocycles. The number of hydrogen-bond acceptors (Lipinski definition) is 3. The first-order valence-corrected chi connectivity index (χ1v) is 4.58. The lowest BCUT2D eigenvalue weighted by Crippen LogP contribution is -2.34. The molecule has 0 bridgehead atoms. The van der Waals surface area contributed by atoms with E-state index in [2.05, 4.69) is 5.32 Å². The molecule has 3 nitrogen and oxygen atoms in total. The fraction of sp³-hybridized carbons (Fsp3) is 0.889. The second-order valence-corrected chi connectivity index (χ2v) is 3.40. The Morgan fingerprint density at radius 2 is 2.08 bits per heavy atom. The molecule has 0 aromatic carbocycles. The number of hydrogen-bond donors (Lipinski definition) is 1. The Labute approximate surface area is 73.5 Å². The highest BCUT2D eigenvalue weighted by Crippen LogP contribution is 2.18. The zero-order valence-electron chi connectivity index (χ0n) is 7.80. The van der Waals surface area contributed by atoms with Gasteiger partial charge in [0.25, 0.3) is 0 Å². The molecule has 12 heavy (non-hydrogen) atoms. The molecule has 0 aliphatic carbocycles. The second kappa shape index (κ2) is 4.45. The Bertz CT molecular complexity index is 153. The molecule has 1 aliphatic rings. The summed E-state index contributed by atoms with van der Waals surface area (Å²) in [7, 11) is 0. The van der Waals surface area contributed by atoms with Crippen molar-refractivity contribution in [1.29, 1.82) is 0 Å². The molecule has 1 rings (SSSR count). The molecule has 1 saturated heterocycles. The summed E-state index contributed by atoms with van der Waals surface area (Å²) in [6.45, 7) is 5.56. The van der Waals surface area contributed by atoms with Gasteiger partial charge in [-0.3, -0.25) is 4.79 Å². The van der Waals surface area contributed by atoms with Crippen LogP contribution in [0.2, 0.25) is 0 Å². The summed E-state index contributed by atoms with van der Waals surface area (Å²) < 4.78 is 5.12. The lowest BCUT2D eigenvalue weighted by molar-refractivity contribution is -0.148. The summed E-state index contributed by atoms with van der Waals surface area (Å²) in [6, 6.07) is 0. The highest BCUT2D eigenvalue weighted by Gasteiger charge is 2.21. The van der Waals surface area contributed by atoms with Gasteiger partial charge in [0.15, 0.2) is 0 Å². The monoisotopic (exact) mass is 171 g/mol. The highest BCUT2D eigenvalue weighted by molar-refractivity contribution is 5.66. The van der Waals surface area contributed by atoms with Crippen LogP contribution in [0.1, 0.15) is 26.7 Å². The third-order valence-electron chi connectivity index (χ3n) is 2.40. The van der Waals surface area contributed by atoms with Gasteiger partial charge in [-0.15, -0.1) is 0 Å². The Kier molecular flexibility index (Phi) is 3.53. The number of rotatable bonds is 2. The van der Waals surface area contributed by atoms with Crippen LogP contribution in [0.25, 0.3) is 0 Å². The van der Waals surface area contributed by atoms with Crippen LogP contribution in [0.3, 0.4) is 0 Å². The normalized spacial score (nSPS) is 21.8. The van der Waals surface area contributed by atoms with Gasteiger partial charge in [-0.1, -0.05) is 0 Å².